The lowest BCUT2D eigenvalue weighted by Gasteiger charge is -2.28. The number of nitrogens with zero attached hydrogens (tertiary/aromatic N) is 5. The van der Waals surface area contributed by atoms with Crippen molar-refractivity contribution < 1.29 is 14.1 Å². The summed E-state index contributed by atoms with van der Waals surface area (Å²) >= 11 is 0. The van der Waals surface area contributed by atoms with Crippen LogP contribution in [-0.4, -0.2) is 9.13 Å². The Kier molecular flexibility index (Phi) is 2.62. The maximum atomic E-state index is 6.60. The Balaban J connectivity index is 1.65. The molecule has 34 heavy (non-hydrogen) atoms. The minimum atomic E-state index is 0.435. The highest BCUT2D eigenvalue weighted by Gasteiger charge is 2.71. The average molecular weight is 443 g/mol. The summed E-state index contributed by atoms with van der Waals surface area (Å²) in [6, 6.07) is 30.3. The molecule has 0 N–H and O–H groups in total. The molecule has 6 heteroatoms. The smallest absolute Gasteiger partial charge is 0.352 e. The lowest BCUT2D eigenvalue weighted by Crippen LogP contribution is -2.81. The minimum absolute atomic E-state index is 0.435. The SMILES string of the molecule is Cn1c2[n+](c3ccccc31)[N+]13c4c(cccc4-2)Oc2cccc(c21)-c1n(C)c2ccccc2[n+]13. The first-order valence-corrected chi connectivity index (χ1v) is 11.6. The summed E-state index contributed by atoms with van der Waals surface area (Å²) < 4.78 is 16.7. The molecule has 0 radical (unpaired) electrons. The molecule has 0 atom stereocenters. The summed E-state index contributed by atoms with van der Waals surface area (Å²) in [6.45, 7) is 0. The fraction of sp³-hybridized carbons (Fsp3) is 0.0714. The second kappa shape index (κ2) is 5.21. The van der Waals surface area contributed by atoms with Crippen LogP contribution in [0.4, 0.5) is 11.4 Å². The van der Waals surface area contributed by atoms with E-state index in [4.69, 9.17) is 4.74 Å². The number of hydrogen-bond donors (Lipinski definition) is 0. The number of fused-ring (bicyclic) bond motifs is 8. The molecule has 0 bridgehead atoms. The number of benzene rings is 4. The van der Waals surface area contributed by atoms with Gasteiger partial charge >= 0.3 is 11.6 Å². The number of rotatable bonds is 0. The van der Waals surface area contributed by atoms with Crippen LogP contribution in [0.5, 0.6) is 11.5 Å². The van der Waals surface area contributed by atoms with Gasteiger partial charge in [0.2, 0.25) is 11.0 Å². The van der Waals surface area contributed by atoms with Gasteiger partial charge in [-0.3, -0.25) is 0 Å². The van der Waals surface area contributed by atoms with Crippen LogP contribution < -0.4 is 18.8 Å². The van der Waals surface area contributed by atoms with Gasteiger partial charge in [0, 0.05) is 9.35 Å². The van der Waals surface area contributed by atoms with Crippen molar-refractivity contribution in [1.29, 1.82) is 0 Å². The molecule has 0 saturated heterocycles. The summed E-state index contributed by atoms with van der Waals surface area (Å²) in [5.41, 5.74) is 9.53. The van der Waals surface area contributed by atoms with E-state index in [-0.39, 0.29) is 0 Å². The first-order chi connectivity index (χ1) is 16.7. The fourth-order valence-electron chi connectivity index (χ4n) is 6.70. The van der Waals surface area contributed by atoms with E-state index in [0.29, 0.717) is 4.70 Å². The molecule has 5 heterocycles. The average Bonchev–Trinajstić information content (AvgIpc) is 3.55. The molecule has 160 valence electrons. The van der Waals surface area contributed by atoms with Crippen molar-refractivity contribution in [3.63, 3.8) is 0 Å². The molecule has 3 aliphatic heterocycles. The normalized spacial score (nSPS) is 15.2. The number of para-hydroxylation sites is 6. The molecule has 6 nitrogen and oxygen atoms in total. The molecule has 9 rings (SSSR count). The monoisotopic (exact) mass is 442 g/mol. The third-order valence-corrected chi connectivity index (χ3v) is 7.88. The van der Waals surface area contributed by atoms with Gasteiger partial charge in [-0.05, 0) is 48.5 Å². The molecule has 0 unspecified atom stereocenters. The lowest BCUT2D eigenvalue weighted by molar-refractivity contribution is -1.00. The van der Waals surface area contributed by atoms with Crippen molar-refractivity contribution in [2.45, 2.75) is 0 Å². The molecule has 4 aromatic carbocycles. The maximum absolute atomic E-state index is 6.60. The summed E-state index contributed by atoms with van der Waals surface area (Å²) in [6.07, 6.45) is 0. The van der Waals surface area contributed by atoms with E-state index in [9.17, 15) is 0 Å². The molecule has 0 fully saturated rings. The van der Waals surface area contributed by atoms with E-state index in [1.807, 2.05) is 0 Å². The third-order valence-electron chi connectivity index (χ3n) is 7.88. The van der Waals surface area contributed by atoms with Gasteiger partial charge in [0.25, 0.3) is 11.4 Å². The summed E-state index contributed by atoms with van der Waals surface area (Å²) in [5.74, 6) is 4.17. The van der Waals surface area contributed by atoms with Crippen LogP contribution in [0.1, 0.15) is 0 Å². The van der Waals surface area contributed by atoms with Gasteiger partial charge < -0.3 is 4.74 Å². The van der Waals surface area contributed by atoms with Gasteiger partial charge in [0.1, 0.15) is 11.1 Å². The maximum Gasteiger partial charge on any atom is 0.352 e. The fourth-order valence-corrected chi connectivity index (χ4v) is 6.70. The predicted octanol–water partition coefficient (Wildman–Crippen LogP) is 4.88. The first-order valence-electron chi connectivity index (χ1n) is 11.6. The molecule has 0 saturated carbocycles. The summed E-state index contributed by atoms with van der Waals surface area (Å²) in [4.78, 5) is 0. The Hall–Kier alpha value is -4.42. The molecule has 1 spiro atoms. The van der Waals surface area contributed by atoms with Crippen LogP contribution >= 0.6 is 0 Å². The quantitative estimate of drug-likeness (QED) is 0.243. The van der Waals surface area contributed by atoms with E-state index in [0.717, 1.165) is 11.5 Å². The standard InChI is InChI=1S/C28H20N5O/c1-29-19-11-3-5-13-21(19)31-27(29)17-9-7-15-23-25(17)33(31)26-18(10-8-16-24(26)34-23)28-30(2)20-12-4-6-14-22(20)32(28)33/h3-16H,1-2H3/q+3. The zero-order valence-corrected chi connectivity index (χ0v) is 18.7. The Morgan fingerprint density at radius 3 is 1.56 bits per heavy atom. The minimum Gasteiger partial charge on any atom is -0.444 e. The lowest BCUT2D eigenvalue weighted by atomic mass is 10.1. The van der Waals surface area contributed by atoms with Crippen molar-refractivity contribution >= 4 is 33.4 Å². The number of hydrogen-bond acceptors (Lipinski definition) is 1. The van der Waals surface area contributed by atoms with Crippen LogP contribution in [-0.2, 0) is 14.1 Å². The number of ether oxygens (including phenoxy) is 1. The largest absolute Gasteiger partial charge is 0.444 e. The highest BCUT2D eigenvalue weighted by Crippen LogP contribution is 2.61. The Morgan fingerprint density at radius 2 is 1.06 bits per heavy atom. The second-order valence-corrected chi connectivity index (χ2v) is 9.37. The van der Waals surface area contributed by atoms with Crippen molar-refractivity contribution in [3.8, 4) is 34.3 Å². The zero-order chi connectivity index (χ0) is 22.3. The molecular weight excluding hydrogens is 422 g/mol. The van der Waals surface area contributed by atoms with E-state index >= 15 is 0 Å². The van der Waals surface area contributed by atoms with E-state index in [2.05, 4.69) is 118 Å². The van der Waals surface area contributed by atoms with Gasteiger partial charge in [-0.1, -0.05) is 36.4 Å². The van der Waals surface area contributed by atoms with Crippen LogP contribution in [0, 0.1) is 0 Å². The van der Waals surface area contributed by atoms with Crippen LogP contribution in [0.15, 0.2) is 84.9 Å². The highest BCUT2D eigenvalue weighted by molar-refractivity contribution is 5.95. The predicted molar refractivity (Wildman–Crippen MR) is 129 cm³/mol. The number of aryl methyl sites for hydroxylation is 2. The van der Waals surface area contributed by atoms with Gasteiger partial charge in [-0.25, -0.2) is 9.13 Å². The van der Waals surface area contributed by atoms with Crippen molar-refractivity contribution in [2.75, 3.05) is 0 Å². The van der Waals surface area contributed by atoms with Crippen molar-refractivity contribution in [1.82, 2.24) is 13.8 Å². The van der Waals surface area contributed by atoms with Crippen molar-refractivity contribution in [3.05, 3.63) is 84.9 Å². The van der Waals surface area contributed by atoms with Gasteiger partial charge in [0.05, 0.1) is 18.8 Å². The molecule has 6 aromatic rings. The molecule has 2 aromatic heterocycles. The topological polar surface area (TPSA) is 26.8 Å². The molecule has 0 aliphatic carbocycles. The molecular formula is C28H20N5O+3. The Bertz CT molecular complexity index is 1790. The van der Waals surface area contributed by atoms with Crippen molar-refractivity contribution in [2.24, 2.45) is 14.1 Å². The number of imidazole rings is 2. The van der Waals surface area contributed by atoms with Gasteiger partial charge in [-0.2, -0.15) is 0 Å². The third kappa shape index (κ3) is 1.51. The summed E-state index contributed by atoms with van der Waals surface area (Å²) in [5, 5.41) is 0. The van der Waals surface area contributed by atoms with Crippen LogP contribution in [0.3, 0.4) is 0 Å². The zero-order valence-electron chi connectivity index (χ0n) is 18.7. The Labute approximate surface area is 194 Å². The second-order valence-electron chi connectivity index (χ2n) is 9.37. The Morgan fingerprint density at radius 1 is 0.588 bits per heavy atom. The first kappa shape index (κ1) is 17.1. The van der Waals surface area contributed by atoms with Gasteiger partial charge in [0.15, 0.2) is 22.5 Å². The summed E-state index contributed by atoms with van der Waals surface area (Å²) in [7, 11) is 4.34. The van der Waals surface area contributed by atoms with Crippen LogP contribution in [0.25, 0.3) is 44.8 Å². The molecule has 3 aliphatic rings. The number of quaternary nitrogens is 1. The number of aromatic nitrogens is 4. The van der Waals surface area contributed by atoms with E-state index in [1.165, 1.54) is 56.2 Å². The van der Waals surface area contributed by atoms with Crippen LogP contribution in [0.2, 0.25) is 0 Å². The van der Waals surface area contributed by atoms with Gasteiger partial charge in [-0.15, -0.1) is 0 Å². The molecule has 0 amide bonds. The van der Waals surface area contributed by atoms with E-state index < -0.39 is 0 Å². The van der Waals surface area contributed by atoms with E-state index in [1.54, 1.807) is 0 Å². The highest BCUT2D eigenvalue weighted by atomic mass is 16.5.